The van der Waals surface area contributed by atoms with Crippen LogP contribution in [-0.4, -0.2) is 34.2 Å². The zero-order chi connectivity index (χ0) is 14.9. The fourth-order valence-corrected chi connectivity index (χ4v) is 3.84. The molecule has 7 heteroatoms. The number of hydrogen-bond donors (Lipinski definition) is 3. The van der Waals surface area contributed by atoms with E-state index in [1.165, 1.54) is 17.7 Å². The molecule has 0 spiro atoms. The smallest absolute Gasteiger partial charge is 0.277 e. The summed E-state index contributed by atoms with van der Waals surface area (Å²) in [5.41, 5.74) is 1.51. The van der Waals surface area contributed by atoms with E-state index in [0.29, 0.717) is 22.7 Å². The van der Waals surface area contributed by atoms with Crippen molar-refractivity contribution in [1.82, 2.24) is 20.5 Å². The first-order chi connectivity index (χ1) is 10.8. The molecule has 1 aliphatic carbocycles. The van der Waals surface area contributed by atoms with Crippen molar-refractivity contribution in [2.24, 2.45) is 0 Å². The number of piperidine rings is 1. The van der Waals surface area contributed by atoms with Crippen molar-refractivity contribution in [3.8, 4) is 0 Å². The number of rotatable bonds is 4. The Bertz CT molecular complexity index is 669. The lowest BCUT2D eigenvalue weighted by molar-refractivity contribution is 0.102. The van der Waals surface area contributed by atoms with Crippen LogP contribution >= 0.6 is 11.3 Å². The van der Waals surface area contributed by atoms with Gasteiger partial charge in [-0.2, -0.15) is 5.10 Å². The van der Waals surface area contributed by atoms with Gasteiger partial charge in [-0.05, 0) is 50.8 Å². The van der Waals surface area contributed by atoms with Crippen LogP contribution in [0.5, 0.6) is 0 Å². The number of nitrogens with zero attached hydrogens (tertiary/aromatic N) is 2. The second kappa shape index (κ2) is 5.81. The summed E-state index contributed by atoms with van der Waals surface area (Å²) >= 11 is 1.58. The number of carbonyl (C=O) groups is 1. The molecule has 4 rings (SSSR count). The zero-order valence-electron chi connectivity index (χ0n) is 12.3. The fraction of sp³-hybridized carbons (Fsp3) is 0.533. The van der Waals surface area contributed by atoms with Crippen LogP contribution in [0.15, 0.2) is 12.3 Å². The number of nitrogens with one attached hydrogen (secondary N) is 3. The van der Waals surface area contributed by atoms with Gasteiger partial charge in [-0.1, -0.05) is 0 Å². The molecule has 0 atom stereocenters. The van der Waals surface area contributed by atoms with E-state index in [0.717, 1.165) is 31.6 Å². The van der Waals surface area contributed by atoms with Crippen molar-refractivity contribution in [3.05, 3.63) is 28.5 Å². The lowest BCUT2D eigenvalue weighted by Crippen LogP contribution is -2.26. The fourth-order valence-electron chi connectivity index (χ4n) is 2.86. The monoisotopic (exact) mass is 317 g/mol. The van der Waals surface area contributed by atoms with Gasteiger partial charge in [0.2, 0.25) is 0 Å². The average Bonchev–Trinajstić information content (AvgIpc) is 3.10. The van der Waals surface area contributed by atoms with Gasteiger partial charge in [0.1, 0.15) is 0 Å². The second-order valence-electron chi connectivity index (χ2n) is 6.03. The average molecular weight is 317 g/mol. The van der Waals surface area contributed by atoms with Gasteiger partial charge in [-0.25, -0.2) is 4.98 Å². The quantitative estimate of drug-likeness (QED) is 0.809. The molecule has 3 N–H and O–H groups in total. The number of H-pyrrole nitrogens is 1. The third kappa shape index (κ3) is 2.91. The molecule has 2 aliphatic rings. The summed E-state index contributed by atoms with van der Waals surface area (Å²) < 4.78 is 0. The molecule has 2 aromatic rings. The Morgan fingerprint density at radius 1 is 1.23 bits per heavy atom. The maximum Gasteiger partial charge on any atom is 0.277 e. The minimum Gasteiger partial charge on any atom is -0.317 e. The van der Waals surface area contributed by atoms with Gasteiger partial charge in [0.25, 0.3) is 5.91 Å². The molecule has 3 heterocycles. The first-order valence-corrected chi connectivity index (χ1v) is 8.64. The van der Waals surface area contributed by atoms with Crippen LogP contribution in [0.1, 0.15) is 58.6 Å². The Labute approximate surface area is 132 Å². The van der Waals surface area contributed by atoms with E-state index >= 15 is 0 Å². The summed E-state index contributed by atoms with van der Waals surface area (Å²) in [6.45, 7) is 2.11. The van der Waals surface area contributed by atoms with E-state index in [4.69, 9.17) is 0 Å². The van der Waals surface area contributed by atoms with Gasteiger partial charge in [0.05, 0.1) is 0 Å². The first kappa shape index (κ1) is 13.9. The van der Waals surface area contributed by atoms with Gasteiger partial charge in [-0.15, -0.1) is 11.3 Å². The van der Waals surface area contributed by atoms with Crippen LogP contribution in [0.25, 0.3) is 0 Å². The molecule has 1 aliphatic heterocycles. The molecule has 0 aromatic carbocycles. The molecular weight excluding hydrogens is 298 g/mol. The second-order valence-corrected chi connectivity index (χ2v) is 7.09. The minimum absolute atomic E-state index is 0.186. The van der Waals surface area contributed by atoms with Crippen LogP contribution < -0.4 is 10.6 Å². The highest BCUT2D eigenvalue weighted by atomic mass is 32.1. The molecule has 2 fully saturated rings. The summed E-state index contributed by atoms with van der Waals surface area (Å²) in [5, 5.41) is 13.9. The van der Waals surface area contributed by atoms with Crippen LogP contribution in [0, 0.1) is 0 Å². The van der Waals surface area contributed by atoms with E-state index < -0.39 is 0 Å². The maximum absolute atomic E-state index is 12.2. The van der Waals surface area contributed by atoms with Crippen molar-refractivity contribution in [2.75, 3.05) is 18.4 Å². The summed E-state index contributed by atoms with van der Waals surface area (Å²) in [5.74, 6) is 0.950. The SMILES string of the molecule is O=C(Nc1ncc(C2CCNCC2)s1)c1cc(C2CC2)[nH]n1. The Balaban J connectivity index is 1.41. The molecule has 0 bridgehead atoms. The van der Waals surface area contributed by atoms with Crippen molar-refractivity contribution in [2.45, 2.75) is 37.5 Å². The summed E-state index contributed by atoms with van der Waals surface area (Å²) in [4.78, 5) is 17.8. The number of aromatic nitrogens is 3. The molecule has 1 saturated heterocycles. The van der Waals surface area contributed by atoms with Gasteiger partial charge in [-0.3, -0.25) is 15.2 Å². The van der Waals surface area contributed by atoms with Crippen LogP contribution in [0.3, 0.4) is 0 Å². The number of aromatic amines is 1. The maximum atomic E-state index is 12.2. The lowest BCUT2D eigenvalue weighted by atomic mass is 9.97. The third-order valence-corrected chi connectivity index (χ3v) is 5.41. The van der Waals surface area contributed by atoms with Gasteiger partial charge >= 0.3 is 0 Å². The van der Waals surface area contributed by atoms with E-state index in [1.54, 1.807) is 11.3 Å². The van der Waals surface area contributed by atoms with Crippen molar-refractivity contribution in [3.63, 3.8) is 0 Å². The minimum atomic E-state index is -0.186. The molecule has 2 aromatic heterocycles. The summed E-state index contributed by atoms with van der Waals surface area (Å²) in [6, 6.07) is 1.86. The third-order valence-electron chi connectivity index (χ3n) is 4.33. The molecule has 0 unspecified atom stereocenters. The van der Waals surface area contributed by atoms with E-state index in [-0.39, 0.29) is 5.91 Å². The zero-order valence-corrected chi connectivity index (χ0v) is 13.1. The summed E-state index contributed by atoms with van der Waals surface area (Å²) in [6.07, 6.45) is 6.56. The van der Waals surface area contributed by atoms with Gasteiger partial charge in [0.15, 0.2) is 10.8 Å². The molecule has 116 valence electrons. The standard InChI is InChI=1S/C15H19N5OS/c21-14(12-7-11(19-20-12)9-1-2-9)18-15-17-8-13(22-15)10-3-5-16-6-4-10/h7-10,16H,1-6H2,(H,19,20)(H,17,18,21). The van der Waals surface area contributed by atoms with E-state index in [2.05, 4.69) is 25.8 Å². The predicted molar refractivity (Wildman–Crippen MR) is 85.5 cm³/mol. The largest absolute Gasteiger partial charge is 0.317 e. The topological polar surface area (TPSA) is 82.7 Å². The Morgan fingerprint density at radius 2 is 2.05 bits per heavy atom. The molecule has 0 radical (unpaired) electrons. The first-order valence-electron chi connectivity index (χ1n) is 7.82. The molecular formula is C15H19N5OS. The highest BCUT2D eigenvalue weighted by molar-refractivity contribution is 7.15. The Morgan fingerprint density at radius 3 is 2.82 bits per heavy atom. The molecule has 1 saturated carbocycles. The number of hydrogen-bond acceptors (Lipinski definition) is 5. The Kier molecular flexibility index (Phi) is 3.67. The number of thiazole rings is 1. The van der Waals surface area contributed by atoms with Crippen molar-refractivity contribution >= 4 is 22.4 Å². The van der Waals surface area contributed by atoms with E-state index in [9.17, 15) is 4.79 Å². The molecule has 6 nitrogen and oxygen atoms in total. The summed E-state index contributed by atoms with van der Waals surface area (Å²) in [7, 11) is 0. The number of amides is 1. The van der Waals surface area contributed by atoms with Gasteiger partial charge < -0.3 is 5.32 Å². The number of carbonyl (C=O) groups excluding carboxylic acids is 1. The normalized spacial score (nSPS) is 19.3. The van der Waals surface area contributed by atoms with E-state index in [1.807, 2.05) is 12.3 Å². The van der Waals surface area contributed by atoms with Crippen LogP contribution in [0.4, 0.5) is 5.13 Å². The van der Waals surface area contributed by atoms with Gasteiger partial charge in [0, 0.05) is 22.7 Å². The molecule has 22 heavy (non-hydrogen) atoms. The highest BCUT2D eigenvalue weighted by Crippen LogP contribution is 2.39. The molecule has 1 amide bonds. The highest BCUT2D eigenvalue weighted by Gasteiger charge is 2.26. The van der Waals surface area contributed by atoms with Crippen LogP contribution in [0.2, 0.25) is 0 Å². The Hall–Kier alpha value is -1.73. The lowest BCUT2D eigenvalue weighted by Gasteiger charge is -2.20. The predicted octanol–water partition coefficient (Wildman–Crippen LogP) is 2.46. The van der Waals surface area contributed by atoms with Crippen molar-refractivity contribution in [1.29, 1.82) is 0 Å². The van der Waals surface area contributed by atoms with Crippen molar-refractivity contribution < 1.29 is 4.79 Å². The number of anilines is 1. The van der Waals surface area contributed by atoms with Crippen LogP contribution in [-0.2, 0) is 0 Å².